The number of ketones is 1. The molecule has 0 aromatic carbocycles. The van der Waals surface area contributed by atoms with Gasteiger partial charge in [0.2, 0.25) is 0 Å². The SMILES string of the molecule is CC(=O)OC1CCC2C3CC(C(F)(F)F)C4=CC(=O)CC[C@]4(C)C3CC[C@]12C. The molecule has 0 N–H and O–H groups in total. The zero-order valence-electron chi connectivity index (χ0n) is 16.8. The van der Waals surface area contributed by atoms with E-state index in [1.54, 1.807) is 0 Å². The van der Waals surface area contributed by atoms with Crippen molar-refractivity contribution in [2.45, 2.75) is 78.0 Å². The van der Waals surface area contributed by atoms with Crippen LogP contribution in [0.3, 0.4) is 0 Å². The molecule has 4 rings (SSSR count). The molecule has 4 aliphatic rings. The molecule has 0 aromatic heterocycles. The van der Waals surface area contributed by atoms with E-state index in [4.69, 9.17) is 4.74 Å². The number of carbonyl (C=O) groups excluding carboxylic acids is 2. The zero-order chi connectivity index (χ0) is 20.5. The third-order valence-corrected chi connectivity index (χ3v) is 8.62. The van der Waals surface area contributed by atoms with Crippen molar-refractivity contribution in [1.29, 1.82) is 0 Å². The van der Waals surface area contributed by atoms with E-state index in [1.807, 2.05) is 6.92 Å². The predicted octanol–water partition coefficient (Wildman–Crippen LogP) is 5.24. The van der Waals surface area contributed by atoms with Crippen LogP contribution in [-0.2, 0) is 14.3 Å². The molecule has 4 aliphatic carbocycles. The van der Waals surface area contributed by atoms with Crippen LogP contribution in [0.5, 0.6) is 0 Å². The first-order valence-electron chi connectivity index (χ1n) is 10.5. The molecule has 0 saturated heterocycles. The normalized spacial score (nSPS) is 45.6. The van der Waals surface area contributed by atoms with Crippen LogP contribution in [0.25, 0.3) is 0 Å². The first-order chi connectivity index (χ1) is 13.0. The van der Waals surface area contributed by atoms with Crippen LogP contribution >= 0.6 is 0 Å². The van der Waals surface area contributed by atoms with Gasteiger partial charge >= 0.3 is 12.1 Å². The minimum absolute atomic E-state index is 0.0405. The molecule has 7 atom stereocenters. The number of hydrogen-bond donors (Lipinski definition) is 0. The van der Waals surface area contributed by atoms with E-state index in [-0.39, 0.29) is 47.4 Å². The van der Waals surface area contributed by atoms with Crippen LogP contribution in [0.2, 0.25) is 0 Å². The van der Waals surface area contributed by atoms with Crippen molar-refractivity contribution >= 4 is 11.8 Å². The summed E-state index contributed by atoms with van der Waals surface area (Å²) < 4.78 is 47.7. The van der Waals surface area contributed by atoms with Gasteiger partial charge in [-0.2, -0.15) is 13.2 Å². The average Bonchev–Trinajstić information content (AvgIpc) is 2.90. The molecular weight excluding hydrogens is 369 g/mol. The standard InChI is InChI=1S/C22H29F3O3/c1-12(26)28-19-5-4-15-14-11-18(22(23,24)25)17-10-13(27)6-8-20(17,2)16(14)7-9-21(15,19)3/h10,14-16,18-19H,4-9,11H2,1-3H3/t14?,15?,16?,18?,19?,20-,21+/m1/s1. The first kappa shape index (κ1) is 20.0. The molecule has 0 spiro atoms. The van der Waals surface area contributed by atoms with Crippen molar-refractivity contribution in [3.63, 3.8) is 0 Å². The lowest BCUT2D eigenvalue weighted by molar-refractivity contribution is -0.196. The van der Waals surface area contributed by atoms with Crippen LogP contribution in [0.4, 0.5) is 13.2 Å². The summed E-state index contributed by atoms with van der Waals surface area (Å²) in [4.78, 5) is 23.5. The van der Waals surface area contributed by atoms with Gasteiger partial charge in [-0.25, -0.2) is 0 Å². The lowest BCUT2D eigenvalue weighted by Crippen LogP contribution is -2.55. The highest BCUT2D eigenvalue weighted by Crippen LogP contribution is 2.68. The van der Waals surface area contributed by atoms with Gasteiger partial charge in [0.15, 0.2) is 5.78 Å². The Morgan fingerprint density at radius 1 is 1.14 bits per heavy atom. The first-order valence-corrected chi connectivity index (χ1v) is 10.5. The lowest BCUT2D eigenvalue weighted by atomic mass is 9.45. The Hall–Kier alpha value is -1.33. The van der Waals surface area contributed by atoms with E-state index in [0.717, 1.165) is 25.7 Å². The summed E-state index contributed by atoms with van der Waals surface area (Å²) in [5, 5.41) is 0. The lowest BCUT2D eigenvalue weighted by Gasteiger charge is -2.59. The topological polar surface area (TPSA) is 43.4 Å². The molecule has 5 unspecified atom stereocenters. The van der Waals surface area contributed by atoms with E-state index >= 15 is 0 Å². The van der Waals surface area contributed by atoms with Crippen molar-refractivity contribution in [2.24, 2.45) is 34.5 Å². The third-order valence-electron chi connectivity index (χ3n) is 8.62. The van der Waals surface area contributed by atoms with Crippen molar-refractivity contribution in [2.75, 3.05) is 0 Å². The van der Waals surface area contributed by atoms with Crippen LogP contribution in [-0.4, -0.2) is 24.0 Å². The molecule has 0 bridgehead atoms. The Kier molecular flexibility index (Phi) is 4.51. The molecule has 0 radical (unpaired) electrons. The van der Waals surface area contributed by atoms with Crippen LogP contribution < -0.4 is 0 Å². The van der Waals surface area contributed by atoms with Crippen LogP contribution in [0.15, 0.2) is 11.6 Å². The largest absolute Gasteiger partial charge is 0.462 e. The number of allylic oxidation sites excluding steroid dienone is 1. The Balaban J connectivity index is 1.73. The second kappa shape index (κ2) is 6.33. The number of hydrogen-bond acceptors (Lipinski definition) is 3. The predicted molar refractivity (Wildman–Crippen MR) is 97.2 cm³/mol. The number of fused-ring (bicyclic) bond motifs is 5. The fourth-order valence-electron chi connectivity index (χ4n) is 7.30. The Morgan fingerprint density at radius 3 is 2.50 bits per heavy atom. The van der Waals surface area contributed by atoms with E-state index in [9.17, 15) is 22.8 Å². The van der Waals surface area contributed by atoms with Crippen molar-refractivity contribution < 1.29 is 27.5 Å². The summed E-state index contributed by atoms with van der Waals surface area (Å²) in [6.07, 6.45) is 0.959. The van der Waals surface area contributed by atoms with Gasteiger partial charge in [0.05, 0.1) is 5.92 Å². The molecule has 6 heteroatoms. The van der Waals surface area contributed by atoms with Gasteiger partial charge in [-0.05, 0) is 73.3 Å². The highest BCUT2D eigenvalue weighted by molar-refractivity contribution is 5.91. The van der Waals surface area contributed by atoms with E-state index in [2.05, 4.69) is 6.92 Å². The fraction of sp³-hybridized carbons (Fsp3) is 0.818. The number of halogens is 3. The van der Waals surface area contributed by atoms with Crippen molar-refractivity contribution in [3.05, 3.63) is 11.6 Å². The maximum absolute atomic E-state index is 14.0. The molecule has 156 valence electrons. The summed E-state index contributed by atoms with van der Waals surface area (Å²) >= 11 is 0. The molecular formula is C22H29F3O3. The van der Waals surface area contributed by atoms with Gasteiger partial charge in [-0.15, -0.1) is 0 Å². The molecule has 28 heavy (non-hydrogen) atoms. The molecule has 0 amide bonds. The van der Waals surface area contributed by atoms with Gasteiger partial charge in [-0.1, -0.05) is 13.8 Å². The molecule has 3 saturated carbocycles. The second-order valence-electron chi connectivity index (χ2n) is 9.91. The quantitative estimate of drug-likeness (QED) is 0.568. The Morgan fingerprint density at radius 2 is 1.86 bits per heavy atom. The van der Waals surface area contributed by atoms with Crippen LogP contribution in [0.1, 0.15) is 65.7 Å². The third kappa shape index (κ3) is 2.85. The van der Waals surface area contributed by atoms with Crippen molar-refractivity contribution in [1.82, 2.24) is 0 Å². The van der Waals surface area contributed by atoms with E-state index in [0.29, 0.717) is 18.4 Å². The molecule has 3 nitrogen and oxygen atoms in total. The smallest absolute Gasteiger partial charge is 0.395 e. The van der Waals surface area contributed by atoms with E-state index in [1.165, 1.54) is 13.0 Å². The fourth-order valence-corrected chi connectivity index (χ4v) is 7.30. The number of alkyl halides is 3. The minimum atomic E-state index is -4.34. The Labute approximate surface area is 164 Å². The molecule has 0 heterocycles. The summed E-state index contributed by atoms with van der Waals surface area (Å²) in [5.74, 6) is -1.75. The summed E-state index contributed by atoms with van der Waals surface area (Å²) in [6.45, 7) is 5.47. The number of carbonyl (C=O) groups is 2. The van der Waals surface area contributed by atoms with Gasteiger partial charge in [-0.3, -0.25) is 9.59 Å². The summed E-state index contributed by atoms with van der Waals surface area (Å²) in [5.41, 5.74) is -0.473. The maximum Gasteiger partial charge on any atom is 0.395 e. The number of ether oxygens (including phenoxy) is 1. The molecule has 0 aliphatic heterocycles. The molecule has 0 aromatic rings. The number of esters is 1. The monoisotopic (exact) mass is 398 g/mol. The minimum Gasteiger partial charge on any atom is -0.462 e. The van der Waals surface area contributed by atoms with Gasteiger partial charge in [0.1, 0.15) is 6.10 Å². The second-order valence-corrected chi connectivity index (χ2v) is 9.91. The Bertz CT molecular complexity index is 727. The summed E-state index contributed by atoms with van der Waals surface area (Å²) in [6, 6.07) is 0. The highest BCUT2D eigenvalue weighted by atomic mass is 19.4. The average molecular weight is 398 g/mol. The highest BCUT2D eigenvalue weighted by Gasteiger charge is 2.64. The van der Waals surface area contributed by atoms with Crippen LogP contribution in [0, 0.1) is 34.5 Å². The van der Waals surface area contributed by atoms with Gasteiger partial charge in [0, 0.05) is 18.8 Å². The maximum atomic E-state index is 14.0. The number of rotatable bonds is 1. The van der Waals surface area contributed by atoms with Gasteiger partial charge < -0.3 is 4.74 Å². The summed E-state index contributed by atoms with van der Waals surface area (Å²) in [7, 11) is 0. The zero-order valence-corrected chi connectivity index (χ0v) is 16.8. The van der Waals surface area contributed by atoms with Gasteiger partial charge in [0.25, 0.3) is 0 Å². The van der Waals surface area contributed by atoms with E-state index < -0.39 is 17.5 Å². The molecule has 3 fully saturated rings. The van der Waals surface area contributed by atoms with Crippen molar-refractivity contribution in [3.8, 4) is 0 Å².